The Kier molecular flexibility index (Phi) is 2.92. The van der Waals surface area contributed by atoms with Crippen molar-refractivity contribution in [2.24, 2.45) is 0 Å². The zero-order chi connectivity index (χ0) is 7.56. The van der Waals surface area contributed by atoms with Crippen LogP contribution < -0.4 is 5.32 Å². The van der Waals surface area contributed by atoms with E-state index in [2.05, 4.69) is 17.8 Å². The lowest BCUT2D eigenvalue weighted by Crippen LogP contribution is -2.20. The molecule has 0 spiro atoms. The highest BCUT2D eigenvalue weighted by atomic mass is 33.1. The van der Waals surface area contributed by atoms with Crippen LogP contribution in [0, 0.1) is 0 Å². The van der Waals surface area contributed by atoms with Crippen LogP contribution in [-0.4, -0.2) is 30.2 Å². The summed E-state index contributed by atoms with van der Waals surface area (Å²) < 4.78 is 0. The van der Waals surface area contributed by atoms with Gasteiger partial charge in [-0.2, -0.15) is 0 Å². The summed E-state index contributed by atoms with van der Waals surface area (Å²) >= 11 is 0. The molecule has 1 aliphatic rings. The Hall–Kier alpha value is 0.170. The van der Waals surface area contributed by atoms with Gasteiger partial charge in [0.15, 0.2) is 0 Å². The van der Waals surface area contributed by atoms with Gasteiger partial charge >= 0.3 is 0 Å². The highest BCUT2D eigenvalue weighted by molar-refractivity contribution is 8.85. The first-order valence-corrected chi connectivity index (χ1v) is 7.04. The quantitative estimate of drug-likeness (QED) is 0.484. The molecule has 1 rings (SSSR count). The Morgan fingerprint density at radius 2 is 2.40 bits per heavy atom. The van der Waals surface area contributed by atoms with E-state index in [1.807, 2.05) is 10.8 Å². The number of carbonyl (C=O) groups excluding carboxylic acids is 1. The summed E-state index contributed by atoms with van der Waals surface area (Å²) in [6.45, 7) is 0.875. The average Bonchev–Trinajstić information content (AvgIpc) is 2.15. The van der Waals surface area contributed by atoms with Gasteiger partial charge in [0.1, 0.15) is 0 Å². The van der Waals surface area contributed by atoms with E-state index >= 15 is 0 Å². The SMILES string of the molecule is C[SH](C)SC1CCNC1=O. The maximum absolute atomic E-state index is 11.0. The Morgan fingerprint density at radius 3 is 2.80 bits per heavy atom. The number of rotatable bonds is 2. The summed E-state index contributed by atoms with van der Waals surface area (Å²) in [5.74, 6) is 0.237. The molecule has 1 N–H and O–H groups in total. The molecule has 0 bridgehead atoms. The molecule has 0 aromatic heterocycles. The number of nitrogens with one attached hydrogen (secondary N) is 1. The van der Waals surface area contributed by atoms with E-state index in [0.29, 0.717) is 0 Å². The zero-order valence-electron chi connectivity index (χ0n) is 6.26. The molecule has 0 saturated carbocycles. The minimum atomic E-state index is 0.0177. The lowest BCUT2D eigenvalue weighted by atomic mass is 10.4. The van der Waals surface area contributed by atoms with Crippen LogP contribution in [0.4, 0.5) is 0 Å². The van der Waals surface area contributed by atoms with E-state index in [9.17, 15) is 4.79 Å². The topological polar surface area (TPSA) is 29.1 Å². The summed E-state index contributed by atoms with van der Waals surface area (Å²) in [6.07, 6.45) is 5.39. The first-order valence-electron chi connectivity index (χ1n) is 3.32. The molecule has 0 aromatic rings. The lowest BCUT2D eigenvalue weighted by Gasteiger charge is -2.11. The van der Waals surface area contributed by atoms with Crippen LogP contribution in [0.5, 0.6) is 0 Å². The van der Waals surface area contributed by atoms with E-state index in [1.54, 1.807) is 0 Å². The number of carbonyl (C=O) groups is 1. The summed E-state index contributed by atoms with van der Waals surface area (Å²) in [7, 11) is 1.84. The fourth-order valence-corrected chi connectivity index (χ4v) is 3.97. The van der Waals surface area contributed by atoms with Crippen LogP contribution in [0.2, 0.25) is 0 Å². The standard InChI is InChI=1S/C6H13NOS2/c1-10(2)9-5-3-4-7-6(5)8/h5,10H,3-4H2,1-2H3,(H,7,8). The molecule has 1 fully saturated rings. The Bertz CT molecular complexity index is 138. The molecular weight excluding hydrogens is 166 g/mol. The molecular formula is C6H13NOS2. The highest BCUT2D eigenvalue weighted by Crippen LogP contribution is 2.38. The molecule has 1 amide bonds. The third-order valence-corrected chi connectivity index (χ3v) is 4.49. The molecule has 1 atom stereocenters. The third kappa shape index (κ3) is 2.09. The van der Waals surface area contributed by atoms with Crippen LogP contribution in [0.15, 0.2) is 0 Å². The van der Waals surface area contributed by atoms with Crippen molar-refractivity contribution in [2.75, 3.05) is 19.1 Å². The Labute approximate surface area is 67.9 Å². The summed E-state index contributed by atoms with van der Waals surface area (Å²) in [5.41, 5.74) is 0. The fraction of sp³-hybridized carbons (Fsp3) is 0.833. The number of hydrogen-bond donors (Lipinski definition) is 2. The van der Waals surface area contributed by atoms with Crippen molar-refractivity contribution in [3.8, 4) is 0 Å². The van der Waals surface area contributed by atoms with Crippen molar-refractivity contribution in [2.45, 2.75) is 11.7 Å². The Balaban J connectivity index is 2.33. The van der Waals surface area contributed by atoms with E-state index in [-0.39, 0.29) is 21.1 Å². The molecule has 0 radical (unpaired) electrons. The number of amides is 1. The minimum absolute atomic E-state index is 0.0177. The summed E-state index contributed by atoms with van der Waals surface area (Å²) in [6, 6.07) is 0. The van der Waals surface area contributed by atoms with Gasteiger partial charge in [-0.15, -0.1) is 10.8 Å². The van der Waals surface area contributed by atoms with Crippen molar-refractivity contribution >= 4 is 26.6 Å². The third-order valence-electron chi connectivity index (χ3n) is 1.34. The van der Waals surface area contributed by atoms with Gasteiger partial charge in [-0.1, -0.05) is 0 Å². The fourth-order valence-electron chi connectivity index (χ4n) is 0.926. The monoisotopic (exact) mass is 179 g/mol. The molecule has 60 valence electrons. The van der Waals surface area contributed by atoms with Gasteiger partial charge < -0.3 is 5.32 Å². The van der Waals surface area contributed by atoms with E-state index in [4.69, 9.17) is 0 Å². The van der Waals surface area contributed by atoms with Crippen molar-refractivity contribution in [1.29, 1.82) is 0 Å². The molecule has 1 aliphatic heterocycles. The van der Waals surface area contributed by atoms with Crippen LogP contribution in [0.3, 0.4) is 0 Å². The molecule has 1 saturated heterocycles. The van der Waals surface area contributed by atoms with Gasteiger partial charge in [-0.05, 0) is 18.9 Å². The second-order valence-electron chi connectivity index (χ2n) is 2.49. The van der Waals surface area contributed by atoms with Crippen molar-refractivity contribution in [1.82, 2.24) is 5.32 Å². The maximum Gasteiger partial charge on any atom is 0.234 e. The summed E-state index contributed by atoms with van der Waals surface area (Å²) in [5, 5.41) is 3.08. The number of thiol groups is 1. The average molecular weight is 179 g/mol. The van der Waals surface area contributed by atoms with Crippen LogP contribution in [-0.2, 0) is 4.79 Å². The molecule has 10 heavy (non-hydrogen) atoms. The van der Waals surface area contributed by atoms with E-state index < -0.39 is 0 Å². The van der Waals surface area contributed by atoms with Crippen molar-refractivity contribution in [3.05, 3.63) is 0 Å². The zero-order valence-corrected chi connectivity index (χ0v) is 7.97. The van der Waals surface area contributed by atoms with Crippen LogP contribution >= 0.6 is 20.7 Å². The van der Waals surface area contributed by atoms with Gasteiger partial charge in [0.05, 0.1) is 5.25 Å². The van der Waals surface area contributed by atoms with E-state index in [1.165, 1.54) is 0 Å². The van der Waals surface area contributed by atoms with Gasteiger partial charge in [-0.3, -0.25) is 4.79 Å². The predicted octanol–water partition coefficient (Wildman–Crippen LogP) is 0.784. The van der Waals surface area contributed by atoms with Gasteiger partial charge in [0.25, 0.3) is 0 Å². The highest BCUT2D eigenvalue weighted by Gasteiger charge is 2.24. The van der Waals surface area contributed by atoms with Gasteiger partial charge in [0, 0.05) is 6.54 Å². The first-order chi connectivity index (χ1) is 4.70. The van der Waals surface area contributed by atoms with Gasteiger partial charge in [0.2, 0.25) is 5.91 Å². The van der Waals surface area contributed by atoms with Gasteiger partial charge in [-0.25, -0.2) is 9.93 Å². The van der Waals surface area contributed by atoms with Crippen molar-refractivity contribution in [3.63, 3.8) is 0 Å². The maximum atomic E-state index is 11.0. The largest absolute Gasteiger partial charge is 0.355 e. The second kappa shape index (κ2) is 3.53. The molecule has 0 aromatic carbocycles. The number of hydrogen-bond acceptors (Lipinski definition) is 2. The first kappa shape index (κ1) is 8.27. The summed E-state index contributed by atoms with van der Waals surface area (Å²) in [4.78, 5) is 11.0. The van der Waals surface area contributed by atoms with E-state index in [0.717, 1.165) is 13.0 Å². The van der Waals surface area contributed by atoms with Crippen LogP contribution in [0.1, 0.15) is 6.42 Å². The molecule has 4 heteroatoms. The molecule has 0 aliphatic carbocycles. The normalized spacial score (nSPS) is 26.4. The molecule has 1 unspecified atom stereocenters. The minimum Gasteiger partial charge on any atom is -0.355 e. The molecule has 2 nitrogen and oxygen atoms in total. The second-order valence-corrected chi connectivity index (χ2v) is 7.71. The van der Waals surface area contributed by atoms with Crippen LogP contribution in [0.25, 0.3) is 0 Å². The lowest BCUT2D eigenvalue weighted by molar-refractivity contribution is -0.118. The predicted molar refractivity (Wildman–Crippen MR) is 49.8 cm³/mol. The Morgan fingerprint density at radius 1 is 1.70 bits per heavy atom. The van der Waals surface area contributed by atoms with Crippen molar-refractivity contribution < 1.29 is 4.79 Å². The molecule has 1 heterocycles. The smallest absolute Gasteiger partial charge is 0.234 e.